The fraction of sp³-hybridized carbons (Fsp3) is 0.273. The first-order chi connectivity index (χ1) is 14.9. The van der Waals surface area contributed by atoms with Crippen LogP contribution in [0.1, 0.15) is 35.2 Å². The highest BCUT2D eigenvalue weighted by Crippen LogP contribution is 2.32. The van der Waals surface area contributed by atoms with E-state index in [1.807, 2.05) is 0 Å². The van der Waals surface area contributed by atoms with E-state index in [-0.39, 0.29) is 50.1 Å². The van der Waals surface area contributed by atoms with Crippen molar-refractivity contribution in [3.8, 4) is 5.75 Å². The molecule has 1 atom stereocenters. The van der Waals surface area contributed by atoms with Gasteiger partial charge in [-0.05, 0) is 30.7 Å². The number of anilines is 1. The second kappa shape index (κ2) is 8.77. The lowest BCUT2D eigenvalue weighted by atomic mass is 10.0. The van der Waals surface area contributed by atoms with Gasteiger partial charge in [-0.2, -0.15) is 0 Å². The Kier molecular flexibility index (Phi) is 5.90. The van der Waals surface area contributed by atoms with Gasteiger partial charge in [0.25, 0.3) is 5.91 Å². The predicted octanol–water partition coefficient (Wildman–Crippen LogP) is 2.51. The molecule has 0 aliphatic carbocycles. The maximum absolute atomic E-state index is 12.8. The van der Waals surface area contributed by atoms with Crippen LogP contribution in [0.2, 0.25) is 5.02 Å². The maximum Gasteiger partial charge on any atom is 0.255 e. The molecule has 31 heavy (non-hydrogen) atoms. The number of para-hydroxylation sites is 1. The summed E-state index contributed by atoms with van der Waals surface area (Å²) in [4.78, 5) is 50.3. The van der Waals surface area contributed by atoms with Crippen LogP contribution < -0.4 is 15.4 Å². The number of hydrogen-bond acceptors (Lipinski definition) is 5. The quantitative estimate of drug-likeness (QED) is 0.670. The number of carbonyl (C=O) groups is 4. The number of carbonyl (C=O) groups excluding carboxylic acids is 4. The Morgan fingerprint density at radius 3 is 2.74 bits per heavy atom. The van der Waals surface area contributed by atoms with Gasteiger partial charge in [0.2, 0.25) is 17.7 Å². The molecule has 1 fully saturated rings. The van der Waals surface area contributed by atoms with Gasteiger partial charge in [-0.15, -0.1) is 0 Å². The zero-order valence-electron chi connectivity index (χ0n) is 16.5. The first kappa shape index (κ1) is 20.9. The molecule has 0 bridgehead atoms. The Hall–Kier alpha value is -3.39. The van der Waals surface area contributed by atoms with Crippen molar-refractivity contribution in [3.63, 3.8) is 0 Å². The Bertz CT molecular complexity index is 1070. The van der Waals surface area contributed by atoms with Gasteiger partial charge in [0.05, 0.1) is 18.1 Å². The number of benzene rings is 2. The van der Waals surface area contributed by atoms with Gasteiger partial charge >= 0.3 is 0 Å². The lowest BCUT2D eigenvalue weighted by Crippen LogP contribution is -2.52. The van der Waals surface area contributed by atoms with Gasteiger partial charge in [0, 0.05) is 29.8 Å². The molecule has 0 radical (unpaired) electrons. The highest BCUT2D eigenvalue weighted by Gasteiger charge is 2.39. The summed E-state index contributed by atoms with van der Waals surface area (Å²) in [7, 11) is 0. The standard InChI is InChI=1S/C22H20ClN3O5/c23-15-5-1-2-7-18(15)31-11-10-20(28)24-16-6-3-4-13-14(16)12-26(22(13)30)17-8-9-19(27)25-21(17)29/h1-7,17H,8-12H2,(H,24,28)(H,25,27,29). The average Bonchev–Trinajstić information content (AvgIpc) is 3.07. The Balaban J connectivity index is 1.40. The number of fused-ring (bicyclic) bond motifs is 1. The number of nitrogens with one attached hydrogen (secondary N) is 2. The van der Waals surface area contributed by atoms with Crippen LogP contribution >= 0.6 is 11.6 Å². The van der Waals surface area contributed by atoms with E-state index in [1.165, 1.54) is 4.90 Å². The minimum Gasteiger partial charge on any atom is -0.491 e. The molecule has 2 aromatic carbocycles. The number of amides is 4. The van der Waals surface area contributed by atoms with Crippen molar-refractivity contribution in [1.29, 1.82) is 0 Å². The molecule has 160 valence electrons. The van der Waals surface area contributed by atoms with Crippen molar-refractivity contribution >= 4 is 40.9 Å². The van der Waals surface area contributed by atoms with Gasteiger partial charge in [-0.1, -0.05) is 29.8 Å². The van der Waals surface area contributed by atoms with Crippen LogP contribution in [0.5, 0.6) is 5.75 Å². The van der Waals surface area contributed by atoms with Crippen LogP contribution in [0.3, 0.4) is 0 Å². The summed E-state index contributed by atoms with van der Waals surface area (Å²) in [5.74, 6) is -0.866. The van der Waals surface area contributed by atoms with Crippen molar-refractivity contribution in [3.05, 3.63) is 58.6 Å². The van der Waals surface area contributed by atoms with E-state index in [9.17, 15) is 19.2 Å². The third-order valence-corrected chi connectivity index (χ3v) is 5.59. The molecule has 4 rings (SSSR count). The summed E-state index contributed by atoms with van der Waals surface area (Å²) in [6.07, 6.45) is 0.566. The van der Waals surface area contributed by atoms with Crippen molar-refractivity contribution in [2.45, 2.75) is 31.8 Å². The fourth-order valence-electron chi connectivity index (χ4n) is 3.73. The van der Waals surface area contributed by atoms with Crippen LogP contribution in [-0.2, 0) is 20.9 Å². The van der Waals surface area contributed by atoms with E-state index in [0.29, 0.717) is 27.6 Å². The molecule has 1 unspecified atom stereocenters. The van der Waals surface area contributed by atoms with Crippen LogP contribution in [-0.4, -0.2) is 41.2 Å². The van der Waals surface area contributed by atoms with Crippen LogP contribution in [0.25, 0.3) is 0 Å². The summed E-state index contributed by atoms with van der Waals surface area (Å²) in [6.45, 7) is 0.332. The van der Waals surface area contributed by atoms with E-state index in [1.54, 1.807) is 42.5 Å². The molecule has 2 aliphatic heterocycles. The zero-order valence-corrected chi connectivity index (χ0v) is 17.3. The molecule has 2 aliphatic rings. The summed E-state index contributed by atoms with van der Waals surface area (Å²) in [6, 6.07) is 11.4. The smallest absolute Gasteiger partial charge is 0.255 e. The largest absolute Gasteiger partial charge is 0.491 e. The topological polar surface area (TPSA) is 105 Å². The molecule has 2 aromatic rings. The molecule has 0 aromatic heterocycles. The van der Waals surface area contributed by atoms with Gasteiger partial charge < -0.3 is 15.0 Å². The highest BCUT2D eigenvalue weighted by molar-refractivity contribution is 6.32. The number of imide groups is 1. The number of rotatable bonds is 6. The first-order valence-corrected chi connectivity index (χ1v) is 10.3. The second-order valence-electron chi connectivity index (χ2n) is 7.31. The summed E-state index contributed by atoms with van der Waals surface area (Å²) < 4.78 is 5.54. The van der Waals surface area contributed by atoms with E-state index in [0.717, 1.165) is 0 Å². The Morgan fingerprint density at radius 1 is 1.16 bits per heavy atom. The second-order valence-corrected chi connectivity index (χ2v) is 7.72. The van der Waals surface area contributed by atoms with E-state index in [2.05, 4.69) is 10.6 Å². The number of halogens is 1. The number of piperidine rings is 1. The molecule has 8 nitrogen and oxygen atoms in total. The fourth-order valence-corrected chi connectivity index (χ4v) is 3.92. The highest BCUT2D eigenvalue weighted by atomic mass is 35.5. The van der Waals surface area contributed by atoms with Crippen LogP contribution in [0.15, 0.2) is 42.5 Å². The van der Waals surface area contributed by atoms with Gasteiger partial charge in [0.1, 0.15) is 11.8 Å². The molecule has 0 spiro atoms. The summed E-state index contributed by atoms with van der Waals surface area (Å²) in [5, 5.41) is 5.56. The third-order valence-electron chi connectivity index (χ3n) is 5.28. The van der Waals surface area contributed by atoms with Crippen LogP contribution in [0, 0.1) is 0 Å². The SMILES string of the molecule is O=C1CCC(N2Cc3c(NC(=O)CCOc4ccccc4Cl)cccc3C2=O)C(=O)N1. The molecule has 4 amide bonds. The lowest BCUT2D eigenvalue weighted by Gasteiger charge is -2.29. The normalized spacial score (nSPS) is 17.9. The third kappa shape index (κ3) is 4.39. The summed E-state index contributed by atoms with van der Waals surface area (Å²) in [5.41, 5.74) is 1.61. The molecule has 0 saturated carbocycles. The number of ether oxygens (including phenoxy) is 1. The van der Waals surface area contributed by atoms with Gasteiger partial charge in [0.15, 0.2) is 0 Å². The van der Waals surface area contributed by atoms with Gasteiger partial charge in [-0.25, -0.2) is 0 Å². The van der Waals surface area contributed by atoms with E-state index >= 15 is 0 Å². The van der Waals surface area contributed by atoms with Crippen molar-refractivity contribution in [2.24, 2.45) is 0 Å². The van der Waals surface area contributed by atoms with Crippen molar-refractivity contribution in [1.82, 2.24) is 10.2 Å². The average molecular weight is 442 g/mol. The predicted molar refractivity (Wildman–Crippen MR) is 113 cm³/mol. The number of nitrogens with zero attached hydrogens (tertiary/aromatic N) is 1. The maximum atomic E-state index is 12.8. The van der Waals surface area contributed by atoms with Crippen molar-refractivity contribution < 1.29 is 23.9 Å². The molecular weight excluding hydrogens is 422 g/mol. The molecular formula is C22H20ClN3O5. The molecule has 1 saturated heterocycles. The molecule has 2 N–H and O–H groups in total. The van der Waals surface area contributed by atoms with E-state index < -0.39 is 11.9 Å². The minimum absolute atomic E-state index is 0.0969. The Morgan fingerprint density at radius 2 is 1.97 bits per heavy atom. The van der Waals surface area contributed by atoms with Crippen molar-refractivity contribution in [2.75, 3.05) is 11.9 Å². The lowest BCUT2D eigenvalue weighted by molar-refractivity contribution is -0.137. The zero-order chi connectivity index (χ0) is 22.0. The first-order valence-electron chi connectivity index (χ1n) is 9.88. The summed E-state index contributed by atoms with van der Waals surface area (Å²) >= 11 is 6.03. The monoisotopic (exact) mass is 441 g/mol. The van der Waals surface area contributed by atoms with E-state index in [4.69, 9.17) is 16.3 Å². The molecule has 2 heterocycles. The van der Waals surface area contributed by atoms with Crippen LogP contribution in [0.4, 0.5) is 5.69 Å². The van der Waals surface area contributed by atoms with Gasteiger partial charge in [-0.3, -0.25) is 24.5 Å². The number of hydrogen-bond donors (Lipinski definition) is 2. The molecule has 9 heteroatoms. The Labute approximate surface area is 183 Å². The minimum atomic E-state index is -0.704.